The van der Waals surface area contributed by atoms with Gasteiger partial charge in [0, 0.05) is 17.6 Å². The van der Waals surface area contributed by atoms with Gasteiger partial charge in [0.2, 0.25) is 5.91 Å². The summed E-state index contributed by atoms with van der Waals surface area (Å²) in [6.45, 7) is 1.65. The van der Waals surface area contributed by atoms with Gasteiger partial charge in [0.25, 0.3) is 0 Å². The number of hydrogen-bond donors (Lipinski definition) is 2. The molecule has 0 fully saturated rings. The van der Waals surface area contributed by atoms with Gasteiger partial charge in [-0.1, -0.05) is 0 Å². The molecule has 3 N–H and O–H groups in total. The average molecular weight is 278 g/mol. The Hall–Kier alpha value is -1.37. The SMILES string of the molecule is CNC(=O)C(C)Sc1ccc(C(F)(F)F)cc1N. The summed E-state index contributed by atoms with van der Waals surface area (Å²) in [5.74, 6) is -0.209. The summed E-state index contributed by atoms with van der Waals surface area (Å²) in [5.41, 5.74) is 4.78. The van der Waals surface area contributed by atoms with E-state index in [0.717, 1.165) is 23.9 Å². The molecule has 0 spiro atoms. The van der Waals surface area contributed by atoms with Crippen molar-refractivity contribution in [3.05, 3.63) is 23.8 Å². The van der Waals surface area contributed by atoms with E-state index in [9.17, 15) is 18.0 Å². The van der Waals surface area contributed by atoms with E-state index in [4.69, 9.17) is 5.73 Å². The second kappa shape index (κ2) is 5.51. The molecule has 1 amide bonds. The molecule has 0 aliphatic rings. The molecule has 18 heavy (non-hydrogen) atoms. The fourth-order valence-corrected chi connectivity index (χ4v) is 2.23. The number of thioether (sulfide) groups is 1. The first-order valence-corrected chi connectivity index (χ1v) is 5.98. The van der Waals surface area contributed by atoms with E-state index in [1.165, 1.54) is 13.1 Å². The number of nitrogen functional groups attached to an aromatic ring is 1. The van der Waals surface area contributed by atoms with Crippen LogP contribution in [-0.2, 0) is 11.0 Å². The van der Waals surface area contributed by atoms with Crippen LogP contribution in [0.2, 0.25) is 0 Å². The van der Waals surface area contributed by atoms with Gasteiger partial charge in [-0.3, -0.25) is 4.79 Å². The van der Waals surface area contributed by atoms with E-state index in [1.807, 2.05) is 0 Å². The van der Waals surface area contributed by atoms with Crippen molar-refractivity contribution in [3.8, 4) is 0 Å². The lowest BCUT2D eigenvalue weighted by molar-refractivity contribution is -0.137. The van der Waals surface area contributed by atoms with Gasteiger partial charge in [0.1, 0.15) is 0 Å². The van der Waals surface area contributed by atoms with Gasteiger partial charge in [-0.15, -0.1) is 11.8 Å². The Labute approximate surface area is 107 Å². The Morgan fingerprint density at radius 1 is 1.44 bits per heavy atom. The van der Waals surface area contributed by atoms with Crippen LogP contribution in [0.4, 0.5) is 18.9 Å². The minimum Gasteiger partial charge on any atom is -0.398 e. The van der Waals surface area contributed by atoms with E-state index in [-0.39, 0.29) is 11.6 Å². The molecule has 1 aromatic carbocycles. The molecule has 1 aromatic rings. The zero-order valence-electron chi connectivity index (χ0n) is 9.84. The quantitative estimate of drug-likeness (QED) is 0.660. The van der Waals surface area contributed by atoms with Crippen LogP contribution < -0.4 is 11.1 Å². The predicted octanol–water partition coefficient (Wildman–Crippen LogP) is 2.51. The van der Waals surface area contributed by atoms with E-state index < -0.39 is 17.0 Å². The first-order chi connectivity index (χ1) is 8.25. The van der Waals surface area contributed by atoms with Crippen molar-refractivity contribution in [1.82, 2.24) is 5.32 Å². The highest BCUT2D eigenvalue weighted by Gasteiger charge is 2.31. The molecule has 0 saturated carbocycles. The Balaban J connectivity index is 2.90. The van der Waals surface area contributed by atoms with Crippen molar-refractivity contribution in [2.45, 2.75) is 23.2 Å². The van der Waals surface area contributed by atoms with Crippen LogP contribution in [0.1, 0.15) is 12.5 Å². The van der Waals surface area contributed by atoms with Crippen molar-refractivity contribution in [2.75, 3.05) is 12.8 Å². The van der Waals surface area contributed by atoms with Crippen LogP contribution in [0.15, 0.2) is 23.1 Å². The summed E-state index contributed by atoms with van der Waals surface area (Å²) in [7, 11) is 1.50. The van der Waals surface area contributed by atoms with Crippen LogP contribution in [0.3, 0.4) is 0 Å². The first-order valence-electron chi connectivity index (χ1n) is 5.10. The molecule has 0 aromatic heterocycles. The van der Waals surface area contributed by atoms with Crippen molar-refractivity contribution < 1.29 is 18.0 Å². The van der Waals surface area contributed by atoms with Gasteiger partial charge >= 0.3 is 6.18 Å². The third kappa shape index (κ3) is 3.56. The van der Waals surface area contributed by atoms with Crippen molar-refractivity contribution in [1.29, 1.82) is 0 Å². The highest BCUT2D eigenvalue weighted by molar-refractivity contribution is 8.00. The van der Waals surface area contributed by atoms with Gasteiger partial charge in [0.15, 0.2) is 0 Å². The van der Waals surface area contributed by atoms with Gasteiger partial charge < -0.3 is 11.1 Å². The number of nitrogens with one attached hydrogen (secondary N) is 1. The Kier molecular flexibility index (Phi) is 4.50. The summed E-state index contributed by atoms with van der Waals surface area (Å²) in [6.07, 6.45) is -4.41. The summed E-state index contributed by atoms with van der Waals surface area (Å²) < 4.78 is 37.3. The lowest BCUT2D eigenvalue weighted by Gasteiger charge is -2.13. The first kappa shape index (κ1) is 14.7. The van der Waals surface area contributed by atoms with Gasteiger partial charge in [-0.25, -0.2) is 0 Å². The standard InChI is InChI=1S/C11H13F3N2OS/c1-6(10(17)16-2)18-9-4-3-7(5-8(9)15)11(12,13)14/h3-6H,15H2,1-2H3,(H,16,17). The number of anilines is 1. The largest absolute Gasteiger partial charge is 0.416 e. The fourth-order valence-electron chi connectivity index (χ4n) is 1.28. The number of alkyl halides is 3. The lowest BCUT2D eigenvalue weighted by atomic mass is 10.2. The van der Waals surface area contributed by atoms with E-state index in [1.54, 1.807) is 6.92 Å². The zero-order valence-corrected chi connectivity index (χ0v) is 10.7. The summed E-state index contributed by atoms with van der Waals surface area (Å²) in [5, 5.41) is 2.04. The molecule has 0 saturated heterocycles. The number of hydrogen-bond acceptors (Lipinski definition) is 3. The Bertz CT molecular complexity index is 448. The number of rotatable bonds is 3. The van der Waals surface area contributed by atoms with Crippen LogP contribution in [0, 0.1) is 0 Å². The number of benzene rings is 1. The second-order valence-corrected chi connectivity index (χ2v) is 5.01. The Morgan fingerprint density at radius 2 is 2.06 bits per heavy atom. The molecule has 0 aliphatic carbocycles. The molecule has 1 atom stereocenters. The number of halogens is 3. The predicted molar refractivity (Wildman–Crippen MR) is 65.2 cm³/mol. The molecular formula is C11H13F3N2OS. The second-order valence-electron chi connectivity index (χ2n) is 3.62. The van der Waals surface area contributed by atoms with Gasteiger partial charge in [0.05, 0.1) is 10.8 Å². The molecule has 7 heteroatoms. The maximum Gasteiger partial charge on any atom is 0.416 e. The minimum atomic E-state index is -4.41. The summed E-state index contributed by atoms with van der Waals surface area (Å²) >= 11 is 1.12. The van der Waals surface area contributed by atoms with E-state index in [0.29, 0.717) is 4.90 Å². The molecule has 100 valence electrons. The number of amides is 1. The number of carbonyl (C=O) groups is 1. The van der Waals surface area contributed by atoms with Crippen LogP contribution in [-0.4, -0.2) is 18.2 Å². The molecule has 3 nitrogen and oxygen atoms in total. The number of carbonyl (C=O) groups excluding carboxylic acids is 1. The fraction of sp³-hybridized carbons (Fsp3) is 0.364. The summed E-state index contributed by atoms with van der Waals surface area (Å²) in [6, 6.07) is 3.11. The highest BCUT2D eigenvalue weighted by Crippen LogP contribution is 2.35. The zero-order chi connectivity index (χ0) is 13.9. The van der Waals surface area contributed by atoms with Crippen molar-refractivity contribution >= 4 is 23.4 Å². The molecule has 0 bridgehead atoms. The molecule has 1 rings (SSSR count). The number of nitrogens with two attached hydrogens (primary N) is 1. The van der Waals surface area contributed by atoms with Crippen LogP contribution in [0.25, 0.3) is 0 Å². The molecular weight excluding hydrogens is 265 g/mol. The van der Waals surface area contributed by atoms with Crippen molar-refractivity contribution in [2.24, 2.45) is 0 Å². The average Bonchev–Trinajstić information content (AvgIpc) is 2.29. The van der Waals surface area contributed by atoms with E-state index in [2.05, 4.69) is 5.32 Å². The topological polar surface area (TPSA) is 55.1 Å². The monoisotopic (exact) mass is 278 g/mol. The molecule has 0 aliphatic heterocycles. The van der Waals surface area contributed by atoms with Crippen LogP contribution in [0.5, 0.6) is 0 Å². The van der Waals surface area contributed by atoms with Crippen molar-refractivity contribution in [3.63, 3.8) is 0 Å². The maximum absolute atomic E-state index is 12.4. The third-order valence-corrected chi connectivity index (χ3v) is 3.45. The molecule has 0 radical (unpaired) electrons. The molecule has 0 heterocycles. The summed E-state index contributed by atoms with van der Waals surface area (Å²) in [4.78, 5) is 11.8. The third-order valence-electron chi connectivity index (χ3n) is 2.26. The maximum atomic E-state index is 12.4. The Morgan fingerprint density at radius 3 is 2.50 bits per heavy atom. The van der Waals surface area contributed by atoms with Crippen LogP contribution >= 0.6 is 11.8 Å². The van der Waals surface area contributed by atoms with Gasteiger partial charge in [-0.05, 0) is 25.1 Å². The minimum absolute atomic E-state index is 0.0191. The van der Waals surface area contributed by atoms with E-state index >= 15 is 0 Å². The van der Waals surface area contributed by atoms with Gasteiger partial charge in [-0.2, -0.15) is 13.2 Å². The lowest BCUT2D eigenvalue weighted by Crippen LogP contribution is -2.27. The normalized spacial score (nSPS) is 13.2. The smallest absolute Gasteiger partial charge is 0.398 e. The molecule has 1 unspecified atom stereocenters. The highest BCUT2D eigenvalue weighted by atomic mass is 32.2.